The third-order valence-electron chi connectivity index (χ3n) is 3.03. The molecule has 0 aliphatic carbocycles. The zero-order valence-electron chi connectivity index (χ0n) is 11.1. The molecular weight excluding hydrogens is 292 g/mol. The summed E-state index contributed by atoms with van der Waals surface area (Å²) in [5.74, 6) is 1.03. The number of hydrogen-bond donors (Lipinski definition) is 1. The van der Waals surface area contributed by atoms with E-state index in [1.165, 1.54) is 5.56 Å². The number of thioether (sulfide) groups is 1. The Balaban J connectivity index is 1.54. The van der Waals surface area contributed by atoms with Crippen molar-refractivity contribution in [3.05, 3.63) is 41.2 Å². The third-order valence-corrected chi connectivity index (χ3v) is 4.22. The summed E-state index contributed by atoms with van der Waals surface area (Å²) in [5.41, 5.74) is 3.24. The number of H-pyrrole nitrogens is 1. The van der Waals surface area contributed by atoms with Crippen molar-refractivity contribution in [1.29, 1.82) is 0 Å². The van der Waals surface area contributed by atoms with E-state index in [4.69, 9.17) is 11.6 Å². The molecule has 3 rings (SSSR count). The van der Waals surface area contributed by atoms with Crippen LogP contribution >= 0.6 is 23.4 Å². The summed E-state index contributed by atoms with van der Waals surface area (Å²) in [6.07, 6.45) is 6.14. The van der Waals surface area contributed by atoms with Crippen molar-refractivity contribution in [3.63, 3.8) is 0 Å². The minimum atomic E-state index is 0.731. The second kappa shape index (κ2) is 5.89. The van der Waals surface area contributed by atoms with Gasteiger partial charge in [-0.15, -0.1) is 0 Å². The Kier molecular flexibility index (Phi) is 3.98. The lowest BCUT2D eigenvalue weighted by Crippen LogP contribution is -1.87. The molecular formula is C14H15ClN4S. The molecule has 2 heterocycles. The van der Waals surface area contributed by atoms with Crippen LogP contribution in [0.3, 0.4) is 0 Å². The van der Waals surface area contributed by atoms with Gasteiger partial charge in [0.05, 0.1) is 17.2 Å². The number of nitrogens with one attached hydrogen (secondary N) is 1. The molecule has 6 heteroatoms. The molecule has 104 valence electrons. The molecule has 3 aromatic rings. The molecule has 0 fully saturated rings. The van der Waals surface area contributed by atoms with E-state index in [-0.39, 0.29) is 0 Å². The molecule has 0 aliphatic heterocycles. The van der Waals surface area contributed by atoms with Crippen LogP contribution in [-0.4, -0.2) is 25.5 Å². The summed E-state index contributed by atoms with van der Waals surface area (Å²) in [7, 11) is 1.94. The Morgan fingerprint density at radius 1 is 1.40 bits per heavy atom. The predicted molar refractivity (Wildman–Crippen MR) is 83.4 cm³/mol. The first-order chi connectivity index (χ1) is 9.70. The van der Waals surface area contributed by atoms with Gasteiger partial charge in [-0.2, -0.15) is 5.10 Å². The van der Waals surface area contributed by atoms with Gasteiger partial charge in [-0.25, -0.2) is 4.98 Å². The van der Waals surface area contributed by atoms with Gasteiger partial charge in [0, 0.05) is 24.0 Å². The maximum atomic E-state index is 5.96. The van der Waals surface area contributed by atoms with Crippen molar-refractivity contribution >= 4 is 34.4 Å². The van der Waals surface area contributed by atoms with Gasteiger partial charge in [0.15, 0.2) is 5.16 Å². The number of aromatic amines is 1. The van der Waals surface area contributed by atoms with Gasteiger partial charge >= 0.3 is 0 Å². The molecule has 0 atom stereocenters. The fourth-order valence-electron chi connectivity index (χ4n) is 2.07. The van der Waals surface area contributed by atoms with Crippen molar-refractivity contribution < 1.29 is 0 Å². The smallest absolute Gasteiger partial charge is 0.166 e. The van der Waals surface area contributed by atoms with E-state index in [2.05, 4.69) is 21.3 Å². The minimum absolute atomic E-state index is 0.731. The number of rotatable bonds is 5. The quantitative estimate of drug-likeness (QED) is 0.578. The highest BCUT2D eigenvalue weighted by atomic mass is 35.5. The van der Waals surface area contributed by atoms with E-state index in [9.17, 15) is 0 Å². The Labute approximate surface area is 126 Å². The molecule has 0 spiro atoms. The molecule has 20 heavy (non-hydrogen) atoms. The van der Waals surface area contributed by atoms with Crippen LogP contribution in [0.4, 0.5) is 0 Å². The monoisotopic (exact) mass is 306 g/mol. The molecule has 0 saturated heterocycles. The molecule has 1 N–H and O–H groups in total. The second-order valence-corrected chi connectivity index (χ2v) is 6.20. The van der Waals surface area contributed by atoms with Gasteiger partial charge in [-0.3, -0.25) is 4.68 Å². The molecule has 2 aromatic heterocycles. The maximum Gasteiger partial charge on any atom is 0.166 e. The number of hydrogen-bond acceptors (Lipinski definition) is 3. The van der Waals surface area contributed by atoms with Gasteiger partial charge < -0.3 is 4.98 Å². The third kappa shape index (κ3) is 3.16. The summed E-state index contributed by atoms with van der Waals surface area (Å²) in [6.45, 7) is 0. The summed E-state index contributed by atoms with van der Waals surface area (Å²) in [4.78, 5) is 7.82. The fourth-order valence-corrected chi connectivity index (χ4v) is 3.07. The lowest BCUT2D eigenvalue weighted by Gasteiger charge is -1.96. The molecule has 4 nitrogen and oxygen atoms in total. The van der Waals surface area contributed by atoms with E-state index in [0.717, 1.165) is 39.8 Å². The minimum Gasteiger partial charge on any atom is -0.333 e. The molecule has 0 amide bonds. The van der Waals surface area contributed by atoms with Crippen LogP contribution in [0.25, 0.3) is 11.0 Å². The van der Waals surface area contributed by atoms with Gasteiger partial charge in [-0.1, -0.05) is 23.4 Å². The van der Waals surface area contributed by atoms with Gasteiger partial charge in [0.2, 0.25) is 0 Å². The summed E-state index contributed by atoms with van der Waals surface area (Å²) in [5, 5.41) is 5.85. The van der Waals surface area contributed by atoms with Gasteiger partial charge in [-0.05, 0) is 36.6 Å². The fraction of sp³-hybridized carbons (Fsp3) is 0.286. The summed E-state index contributed by atoms with van der Waals surface area (Å²) in [6, 6.07) is 5.71. The van der Waals surface area contributed by atoms with E-state index >= 15 is 0 Å². The normalized spacial score (nSPS) is 11.3. The van der Waals surface area contributed by atoms with Crippen LogP contribution in [0.5, 0.6) is 0 Å². The Bertz CT molecular complexity index is 719. The largest absolute Gasteiger partial charge is 0.333 e. The first kappa shape index (κ1) is 13.5. The first-order valence-corrected chi connectivity index (χ1v) is 7.83. The van der Waals surface area contributed by atoms with Crippen LogP contribution < -0.4 is 0 Å². The maximum absolute atomic E-state index is 5.96. The first-order valence-electron chi connectivity index (χ1n) is 6.46. The summed E-state index contributed by atoms with van der Waals surface area (Å²) >= 11 is 7.70. The van der Waals surface area contributed by atoms with Gasteiger partial charge in [0.25, 0.3) is 0 Å². The SMILES string of the molecule is Cn1cc(CCCSc2nc3ccc(Cl)cc3[nH]2)cn1. The van der Waals surface area contributed by atoms with Crippen molar-refractivity contribution in [2.75, 3.05) is 5.75 Å². The number of aromatic nitrogens is 4. The van der Waals surface area contributed by atoms with Crippen LogP contribution in [0.15, 0.2) is 35.7 Å². The number of imidazole rings is 1. The second-order valence-electron chi connectivity index (χ2n) is 4.68. The van der Waals surface area contributed by atoms with E-state index < -0.39 is 0 Å². The van der Waals surface area contributed by atoms with Gasteiger partial charge in [0.1, 0.15) is 0 Å². The van der Waals surface area contributed by atoms with Crippen LogP contribution in [0.2, 0.25) is 5.02 Å². The zero-order valence-corrected chi connectivity index (χ0v) is 12.7. The number of halogens is 1. The van der Waals surface area contributed by atoms with Crippen LogP contribution in [0, 0.1) is 0 Å². The molecule has 0 unspecified atom stereocenters. The standard InChI is InChI=1S/C14H15ClN4S/c1-19-9-10(8-16-19)3-2-6-20-14-17-12-5-4-11(15)7-13(12)18-14/h4-5,7-9H,2-3,6H2,1H3,(H,17,18). The number of fused-ring (bicyclic) bond motifs is 1. The zero-order chi connectivity index (χ0) is 13.9. The molecule has 0 radical (unpaired) electrons. The highest BCUT2D eigenvalue weighted by Crippen LogP contribution is 2.22. The topological polar surface area (TPSA) is 46.5 Å². The highest BCUT2D eigenvalue weighted by Gasteiger charge is 2.04. The molecule has 1 aromatic carbocycles. The van der Waals surface area contributed by atoms with E-state index in [0.29, 0.717) is 0 Å². The lowest BCUT2D eigenvalue weighted by molar-refractivity contribution is 0.766. The lowest BCUT2D eigenvalue weighted by atomic mass is 10.2. The Morgan fingerprint density at radius 3 is 3.10 bits per heavy atom. The van der Waals surface area contributed by atoms with Crippen molar-refractivity contribution in [3.8, 4) is 0 Å². The molecule has 0 aliphatic rings. The van der Waals surface area contributed by atoms with Crippen molar-refractivity contribution in [1.82, 2.24) is 19.7 Å². The number of nitrogens with zero attached hydrogens (tertiary/aromatic N) is 3. The predicted octanol–water partition coefficient (Wildman–Crippen LogP) is 3.67. The average Bonchev–Trinajstić information content (AvgIpc) is 3.00. The Hall–Kier alpha value is -1.46. The van der Waals surface area contributed by atoms with Crippen molar-refractivity contribution in [2.45, 2.75) is 18.0 Å². The van der Waals surface area contributed by atoms with E-state index in [1.807, 2.05) is 36.1 Å². The van der Waals surface area contributed by atoms with E-state index in [1.54, 1.807) is 11.8 Å². The number of aryl methyl sites for hydroxylation is 2. The average molecular weight is 307 g/mol. The number of benzene rings is 1. The Morgan fingerprint density at radius 2 is 2.30 bits per heavy atom. The summed E-state index contributed by atoms with van der Waals surface area (Å²) < 4.78 is 1.84. The molecule has 0 saturated carbocycles. The molecule has 0 bridgehead atoms. The van der Waals surface area contributed by atoms with Crippen LogP contribution in [0.1, 0.15) is 12.0 Å². The van der Waals surface area contributed by atoms with Crippen LogP contribution in [-0.2, 0) is 13.5 Å². The highest BCUT2D eigenvalue weighted by molar-refractivity contribution is 7.99. The van der Waals surface area contributed by atoms with Crippen molar-refractivity contribution in [2.24, 2.45) is 7.05 Å².